The largest absolute Gasteiger partial charge is 0.385 e. The molecule has 4 aliphatic heterocycles. The maximum atomic E-state index is 13.2. The van der Waals surface area contributed by atoms with Crippen LogP contribution in [0.3, 0.4) is 0 Å². The molecule has 2 atom stereocenters. The number of carbonyl (C=O) groups is 2. The molecular weight excluding hydrogens is 604 g/mol. The summed E-state index contributed by atoms with van der Waals surface area (Å²) in [6.07, 6.45) is 3.28. The van der Waals surface area contributed by atoms with E-state index in [-0.39, 0.29) is 23.7 Å². The molecule has 2 aromatic heterocycles. The fraction of sp³-hybridized carbons (Fsp3) is 0.444. The number of nitrogens with one attached hydrogen (secondary N) is 2. The monoisotopic (exact) mass is 650 g/mol. The van der Waals surface area contributed by atoms with Crippen molar-refractivity contribution in [3.05, 3.63) is 82.2 Å². The second kappa shape index (κ2) is 13.4. The third-order valence-electron chi connectivity index (χ3n) is 10.4. The Balaban J connectivity index is 0.000000152. The van der Waals surface area contributed by atoms with E-state index in [1.807, 2.05) is 48.5 Å². The summed E-state index contributed by atoms with van der Waals surface area (Å²) in [6, 6.07) is 16.0. The molecule has 0 amide bonds. The average Bonchev–Trinajstić information content (AvgIpc) is 3.65. The second-order valence-corrected chi connectivity index (χ2v) is 13.1. The Bertz CT molecular complexity index is 1820. The number of benzene rings is 2. The fourth-order valence-corrected chi connectivity index (χ4v) is 7.61. The van der Waals surface area contributed by atoms with Crippen LogP contribution in [-0.2, 0) is 25.9 Å². The molecule has 2 unspecified atom stereocenters. The van der Waals surface area contributed by atoms with Crippen LogP contribution in [0.2, 0.25) is 0 Å². The number of hydrogen-bond donors (Lipinski definition) is 4. The van der Waals surface area contributed by atoms with Crippen LogP contribution in [-0.4, -0.2) is 80.4 Å². The first-order valence-corrected chi connectivity index (χ1v) is 17.3. The van der Waals surface area contributed by atoms with Gasteiger partial charge in [-0.1, -0.05) is 50.2 Å². The molecule has 0 spiro atoms. The first-order chi connectivity index (χ1) is 23.4. The van der Waals surface area contributed by atoms with Gasteiger partial charge in [0.25, 0.3) is 11.8 Å². The van der Waals surface area contributed by atoms with Crippen molar-refractivity contribution >= 4 is 34.8 Å². The molecule has 8 rings (SSSR count). The van der Waals surface area contributed by atoms with E-state index in [4.69, 9.17) is 11.5 Å². The zero-order valence-corrected chi connectivity index (χ0v) is 27.9. The van der Waals surface area contributed by atoms with Crippen LogP contribution in [0, 0.1) is 0 Å². The first kappa shape index (κ1) is 31.9. The van der Waals surface area contributed by atoms with Crippen molar-refractivity contribution in [1.29, 1.82) is 0 Å². The maximum Gasteiger partial charge on any atom is 0.256 e. The predicted octanol–water partition coefficient (Wildman–Crippen LogP) is 4.17. The summed E-state index contributed by atoms with van der Waals surface area (Å²) in [5.74, 6) is 0.711. The Morgan fingerprint density at radius 2 is 1.29 bits per heavy atom. The molecule has 0 radical (unpaired) electrons. The minimum absolute atomic E-state index is 0.0149. The van der Waals surface area contributed by atoms with Crippen molar-refractivity contribution in [1.82, 2.24) is 29.4 Å². The standard InChI is InChI=1S/2C18H23N5O/c1-2-22-10-8-14-16(11-22)23(21-17(14)19)18(24)13-7-9-20-15-6-4-3-5-12(13)15;1-2-22-10-8-14-16(11-22)21-23(17(14)19)18(24)13-7-9-20-15-6-4-3-5-12(13)15/h3-6,13,20H,2,7-11H2,1H3,(H2,19,21);3-6,13,20H,2,7-11,19H2,1H3. The third kappa shape index (κ3) is 5.83. The number of aromatic nitrogens is 4. The zero-order chi connectivity index (χ0) is 33.4. The van der Waals surface area contributed by atoms with Crippen LogP contribution in [0.25, 0.3) is 0 Å². The topological polar surface area (TPSA) is 152 Å². The summed E-state index contributed by atoms with van der Waals surface area (Å²) < 4.78 is 3.04. The fourth-order valence-electron chi connectivity index (χ4n) is 7.61. The van der Waals surface area contributed by atoms with Crippen LogP contribution < -0.4 is 22.1 Å². The smallest absolute Gasteiger partial charge is 0.256 e. The normalized spacial score (nSPS) is 20.1. The number of rotatable bonds is 4. The molecule has 6 N–H and O–H groups in total. The highest BCUT2D eigenvalue weighted by atomic mass is 16.2. The number of nitrogen functional groups attached to an aromatic ring is 2. The molecule has 252 valence electrons. The number of nitrogens with zero attached hydrogens (tertiary/aromatic N) is 6. The van der Waals surface area contributed by atoms with E-state index in [2.05, 4.69) is 44.5 Å². The summed E-state index contributed by atoms with van der Waals surface area (Å²) in [5, 5.41) is 15.7. The number of likely N-dealkylation sites (N-methyl/N-ethyl adjacent to an activating group) is 2. The van der Waals surface area contributed by atoms with Gasteiger partial charge in [-0.3, -0.25) is 19.4 Å². The molecule has 4 aliphatic rings. The van der Waals surface area contributed by atoms with Gasteiger partial charge in [-0.25, -0.2) is 4.68 Å². The Morgan fingerprint density at radius 1 is 0.750 bits per heavy atom. The van der Waals surface area contributed by atoms with Crippen molar-refractivity contribution in [2.75, 3.05) is 61.4 Å². The Hall–Kier alpha value is -4.68. The highest BCUT2D eigenvalue weighted by molar-refractivity contribution is 5.90. The minimum Gasteiger partial charge on any atom is -0.385 e. The third-order valence-corrected chi connectivity index (χ3v) is 10.4. The SMILES string of the molecule is CCN1CCc2c(N)nn(C(=O)C3CCNc4ccccc43)c2C1.CCN1CCc2c(nn(C(=O)C3CCNc4ccccc43)c2N)C1. The van der Waals surface area contributed by atoms with Gasteiger partial charge in [0.1, 0.15) is 11.6 Å². The van der Waals surface area contributed by atoms with Crippen molar-refractivity contribution in [2.24, 2.45) is 0 Å². The van der Waals surface area contributed by atoms with E-state index in [0.717, 1.165) is 123 Å². The van der Waals surface area contributed by atoms with Gasteiger partial charge in [-0.05, 0) is 62.0 Å². The van der Waals surface area contributed by atoms with Gasteiger partial charge in [0.15, 0.2) is 0 Å². The van der Waals surface area contributed by atoms with E-state index < -0.39 is 0 Å². The Kier molecular flexibility index (Phi) is 8.93. The molecule has 0 aliphatic carbocycles. The van der Waals surface area contributed by atoms with E-state index in [0.29, 0.717) is 11.6 Å². The number of para-hydroxylation sites is 2. The van der Waals surface area contributed by atoms with Gasteiger partial charge in [0.2, 0.25) is 0 Å². The molecule has 48 heavy (non-hydrogen) atoms. The number of fused-ring (bicyclic) bond motifs is 4. The van der Waals surface area contributed by atoms with Crippen molar-refractivity contribution in [3.63, 3.8) is 0 Å². The van der Waals surface area contributed by atoms with Gasteiger partial charge in [0, 0.05) is 61.8 Å². The summed E-state index contributed by atoms with van der Waals surface area (Å²) in [4.78, 5) is 31.0. The van der Waals surface area contributed by atoms with Gasteiger partial charge < -0.3 is 22.1 Å². The van der Waals surface area contributed by atoms with E-state index in [1.165, 1.54) is 4.68 Å². The van der Waals surface area contributed by atoms with Gasteiger partial charge in [-0.2, -0.15) is 9.78 Å². The molecule has 0 fully saturated rings. The first-order valence-electron chi connectivity index (χ1n) is 17.3. The second-order valence-electron chi connectivity index (χ2n) is 13.1. The molecule has 4 aromatic rings. The lowest BCUT2D eigenvalue weighted by Crippen LogP contribution is -2.34. The Morgan fingerprint density at radius 3 is 1.90 bits per heavy atom. The molecule has 2 aromatic carbocycles. The minimum atomic E-state index is -0.187. The Labute approximate surface area is 281 Å². The molecule has 0 saturated heterocycles. The summed E-state index contributed by atoms with van der Waals surface area (Å²) in [7, 11) is 0. The summed E-state index contributed by atoms with van der Waals surface area (Å²) in [6.45, 7) is 11.3. The van der Waals surface area contributed by atoms with Crippen LogP contribution in [0.5, 0.6) is 0 Å². The molecule has 12 heteroatoms. The van der Waals surface area contributed by atoms with Crippen LogP contribution in [0.4, 0.5) is 23.0 Å². The number of carbonyl (C=O) groups excluding carboxylic acids is 2. The van der Waals surface area contributed by atoms with E-state index in [1.54, 1.807) is 4.68 Å². The van der Waals surface area contributed by atoms with Crippen LogP contribution in [0.15, 0.2) is 48.5 Å². The van der Waals surface area contributed by atoms with E-state index in [9.17, 15) is 9.59 Å². The number of hydrogen-bond acceptors (Lipinski definition) is 10. The molecule has 6 heterocycles. The summed E-state index contributed by atoms with van der Waals surface area (Å²) in [5.41, 5.74) is 20.6. The quantitative estimate of drug-likeness (QED) is 0.253. The van der Waals surface area contributed by atoms with Crippen molar-refractivity contribution in [3.8, 4) is 0 Å². The van der Waals surface area contributed by atoms with Crippen LogP contribution >= 0.6 is 0 Å². The average molecular weight is 651 g/mol. The van der Waals surface area contributed by atoms with Gasteiger partial charge >= 0.3 is 0 Å². The highest BCUT2D eigenvalue weighted by Crippen LogP contribution is 2.35. The maximum absolute atomic E-state index is 13.2. The lowest BCUT2D eigenvalue weighted by Gasteiger charge is -2.28. The van der Waals surface area contributed by atoms with E-state index >= 15 is 0 Å². The number of anilines is 4. The van der Waals surface area contributed by atoms with Gasteiger partial charge in [0.05, 0.1) is 23.2 Å². The van der Waals surface area contributed by atoms with Gasteiger partial charge in [-0.15, -0.1) is 5.10 Å². The zero-order valence-electron chi connectivity index (χ0n) is 27.9. The molecule has 0 saturated carbocycles. The molecule has 0 bridgehead atoms. The lowest BCUT2D eigenvalue weighted by molar-refractivity contribution is 0.0843. The summed E-state index contributed by atoms with van der Waals surface area (Å²) >= 11 is 0. The van der Waals surface area contributed by atoms with Crippen LogP contribution in [0.1, 0.15) is 81.8 Å². The lowest BCUT2D eigenvalue weighted by atomic mass is 9.90. The number of nitrogens with two attached hydrogens (primary N) is 2. The van der Waals surface area contributed by atoms with Crippen molar-refractivity contribution < 1.29 is 9.59 Å². The molecular formula is C36H46N10O2. The molecule has 12 nitrogen and oxygen atoms in total. The van der Waals surface area contributed by atoms with Crippen molar-refractivity contribution in [2.45, 2.75) is 64.5 Å². The highest BCUT2D eigenvalue weighted by Gasteiger charge is 2.34. The predicted molar refractivity (Wildman–Crippen MR) is 188 cm³/mol.